The van der Waals surface area contributed by atoms with Crippen molar-refractivity contribution >= 4 is 11.8 Å². The van der Waals surface area contributed by atoms with Gasteiger partial charge in [-0.05, 0) is 67.2 Å². The highest BCUT2D eigenvalue weighted by Gasteiger charge is 2.08. The highest BCUT2D eigenvalue weighted by molar-refractivity contribution is 5.96. The third kappa shape index (κ3) is 14.8. The molecule has 0 aliphatic heterocycles. The lowest BCUT2D eigenvalue weighted by atomic mass is 10.1. The summed E-state index contributed by atoms with van der Waals surface area (Å²) in [5.74, 6) is -0.823. The molecule has 0 aliphatic carbocycles. The van der Waals surface area contributed by atoms with E-state index >= 15 is 0 Å². The first-order valence-electron chi connectivity index (χ1n) is 9.96. The number of nitrogens with zero attached hydrogens (tertiary/aromatic N) is 1. The highest BCUT2D eigenvalue weighted by Crippen LogP contribution is 2.09. The maximum absolute atomic E-state index is 12.4. The fraction of sp³-hybridized carbons (Fsp3) is 0.500. The first-order valence-corrected chi connectivity index (χ1v) is 9.96. The zero-order valence-corrected chi connectivity index (χ0v) is 18.5. The minimum absolute atomic E-state index is 0.208. The second-order valence-electron chi connectivity index (χ2n) is 7.72. The molecule has 0 fully saturated rings. The molecule has 2 N–H and O–H groups in total. The summed E-state index contributed by atoms with van der Waals surface area (Å²) in [6, 6.07) is 0. The normalized spacial score (nSPS) is 12.1. The van der Waals surface area contributed by atoms with Gasteiger partial charge in [0, 0.05) is 25.2 Å². The van der Waals surface area contributed by atoms with Gasteiger partial charge in [0.05, 0.1) is 0 Å². The van der Waals surface area contributed by atoms with Crippen LogP contribution in [0.5, 0.6) is 0 Å². The van der Waals surface area contributed by atoms with Crippen LogP contribution in [-0.2, 0) is 9.59 Å². The third-order valence-electron chi connectivity index (χ3n) is 4.20. The van der Waals surface area contributed by atoms with Gasteiger partial charge in [-0.15, -0.1) is 0 Å². The van der Waals surface area contributed by atoms with Crippen LogP contribution in [0, 0.1) is 0 Å². The molecule has 4 heteroatoms. The lowest BCUT2D eigenvalue weighted by Gasteiger charge is -2.19. The molecule has 0 aliphatic rings. The number of rotatable bonds is 12. The van der Waals surface area contributed by atoms with Crippen molar-refractivity contribution in [2.24, 2.45) is 5.73 Å². The number of nitrogens with two attached hydrogens (primary N) is 1. The van der Waals surface area contributed by atoms with E-state index in [1.54, 1.807) is 4.90 Å². The Bertz CT molecular complexity index is 616. The molecule has 28 heavy (non-hydrogen) atoms. The molecule has 4 nitrogen and oxygen atoms in total. The lowest BCUT2D eigenvalue weighted by Crippen LogP contribution is -2.30. The molecule has 0 saturated carbocycles. The fourth-order valence-corrected chi connectivity index (χ4v) is 2.43. The molecule has 2 amide bonds. The maximum Gasteiger partial charge on any atom is 0.247 e. The van der Waals surface area contributed by atoms with Crippen molar-refractivity contribution in [1.29, 1.82) is 0 Å². The van der Waals surface area contributed by atoms with Crippen molar-refractivity contribution in [1.82, 2.24) is 4.90 Å². The van der Waals surface area contributed by atoms with Gasteiger partial charge in [0.2, 0.25) is 11.8 Å². The molecule has 0 rings (SSSR count). The van der Waals surface area contributed by atoms with Crippen molar-refractivity contribution in [2.75, 3.05) is 13.1 Å². The Labute approximate surface area is 171 Å². The first kappa shape index (κ1) is 25.6. The Morgan fingerprint density at radius 3 is 1.50 bits per heavy atom. The van der Waals surface area contributed by atoms with Crippen LogP contribution in [0.4, 0.5) is 0 Å². The minimum Gasteiger partial charge on any atom is -0.366 e. The van der Waals surface area contributed by atoms with Crippen LogP contribution in [-0.4, -0.2) is 29.8 Å². The largest absolute Gasteiger partial charge is 0.366 e. The van der Waals surface area contributed by atoms with Crippen LogP contribution in [0.1, 0.15) is 67.2 Å². The summed E-state index contributed by atoms with van der Waals surface area (Å²) in [6.07, 6.45) is 14.9. The molecular weight excluding hydrogens is 348 g/mol. The number of carbonyl (C=O) groups is 2. The van der Waals surface area contributed by atoms with E-state index in [1.165, 1.54) is 28.4 Å². The van der Waals surface area contributed by atoms with Gasteiger partial charge in [0.15, 0.2) is 0 Å². The van der Waals surface area contributed by atoms with Crippen LogP contribution >= 0.6 is 0 Å². The maximum atomic E-state index is 12.4. The molecular formula is C24H38N2O2. The van der Waals surface area contributed by atoms with E-state index in [9.17, 15) is 9.59 Å². The second kappa shape index (κ2) is 14.7. The summed E-state index contributed by atoms with van der Waals surface area (Å²) >= 11 is 0. The van der Waals surface area contributed by atoms with Crippen molar-refractivity contribution < 1.29 is 9.59 Å². The molecule has 156 valence electrons. The molecule has 0 heterocycles. The summed E-state index contributed by atoms with van der Waals surface area (Å²) in [5.41, 5.74) is 10.2. The van der Waals surface area contributed by atoms with Crippen LogP contribution < -0.4 is 5.73 Å². The second-order valence-corrected chi connectivity index (χ2v) is 7.72. The van der Waals surface area contributed by atoms with E-state index in [4.69, 9.17) is 5.73 Å². The lowest BCUT2D eigenvalue weighted by molar-refractivity contribution is -0.125. The molecule has 0 saturated heterocycles. The number of carbonyl (C=O) groups excluding carboxylic acids is 2. The predicted octanol–water partition coefficient (Wildman–Crippen LogP) is 5.24. The number of amides is 2. The van der Waals surface area contributed by atoms with Crippen molar-refractivity contribution in [3.05, 3.63) is 58.7 Å². The van der Waals surface area contributed by atoms with Crippen LogP contribution in [0.25, 0.3) is 0 Å². The molecule has 0 atom stereocenters. The third-order valence-corrected chi connectivity index (χ3v) is 4.20. The van der Waals surface area contributed by atoms with Gasteiger partial charge in [0.25, 0.3) is 0 Å². The number of primary amides is 1. The SMILES string of the molecule is CC(C)=CCC/C(C)=C/CN(C/C=C(\C)CCC=C(C)C)C(=O)/C=C/C(N)=O. The van der Waals surface area contributed by atoms with E-state index in [0.29, 0.717) is 13.1 Å². The van der Waals surface area contributed by atoms with Gasteiger partial charge in [-0.2, -0.15) is 0 Å². The zero-order valence-electron chi connectivity index (χ0n) is 18.5. The van der Waals surface area contributed by atoms with E-state index < -0.39 is 5.91 Å². The molecule has 0 spiro atoms. The highest BCUT2D eigenvalue weighted by atomic mass is 16.2. The molecule has 0 unspecified atom stereocenters. The predicted molar refractivity (Wildman–Crippen MR) is 120 cm³/mol. The van der Waals surface area contributed by atoms with Gasteiger partial charge in [0.1, 0.15) is 0 Å². The number of allylic oxidation sites excluding steroid dienone is 6. The van der Waals surface area contributed by atoms with Crippen molar-refractivity contribution in [3.8, 4) is 0 Å². The monoisotopic (exact) mass is 386 g/mol. The minimum atomic E-state index is -0.616. The van der Waals surface area contributed by atoms with E-state index in [2.05, 4.69) is 65.8 Å². The van der Waals surface area contributed by atoms with Gasteiger partial charge >= 0.3 is 0 Å². The van der Waals surface area contributed by atoms with E-state index in [1.807, 2.05) is 0 Å². The van der Waals surface area contributed by atoms with Gasteiger partial charge in [-0.1, -0.05) is 46.6 Å². The van der Waals surface area contributed by atoms with Gasteiger partial charge < -0.3 is 10.6 Å². The quantitative estimate of drug-likeness (QED) is 0.368. The summed E-state index contributed by atoms with van der Waals surface area (Å²) in [7, 11) is 0. The molecule has 0 aromatic rings. The molecule has 0 radical (unpaired) electrons. The van der Waals surface area contributed by atoms with E-state index in [-0.39, 0.29) is 5.91 Å². The summed E-state index contributed by atoms with van der Waals surface area (Å²) in [5, 5.41) is 0. The van der Waals surface area contributed by atoms with Gasteiger partial charge in [-0.25, -0.2) is 0 Å². The molecule has 0 aromatic carbocycles. The van der Waals surface area contributed by atoms with Crippen LogP contribution in [0.15, 0.2) is 58.7 Å². The van der Waals surface area contributed by atoms with Crippen LogP contribution in [0.3, 0.4) is 0 Å². The Kier molecular flexibility index (Phi) is 13.4. The van der Waals surface area contributed by atoms with Gasteiger partial charge in [-0.3, -0.25) is 9.59 Å². The zero-order chi connectivity index (χ0) is 21.5. The molecule has 0 bridgehead atoms. The average Bonchev–Trinajstić information content (AvgIpc) is 2.59. The Balaban J connectivity index is 5.00. The smallest absolute Gasteiger partial charge is 0.247 e. The first-order chi connectivity index (χ1) is 13.1. The Hall–Kier alpha value is -2.36. The average molecular weight is 387 g/mol. The molecule has 0 aromatic heterocycles. The Morgan fingerprint density at radius 2 is 1.14 bits per heavy atom. The van der Waals surface area contributed by atoms with E-state index in [0.717, 1.165) is 31.8 Å². The standard InChI is InChI=1S/C24H38N2O2/c1-19(2)9-7-11-21(5)15-17-26(24(28)14-13-23(25)27)18-16-22(6)12-8-10-20(3)4/h9-10,13-16H,7-8,11-12,17-18H2,1-6H3,(H2,25,27)/b14-13+,21-15+,22-16+. The van der Waals surface area contributed by atoms with Crippen molar-refractivity contribution in [3.63, 3.8) is 0 Å². The number of hydrogen-bond acceptors (Lipinski definition) is 2. The fourth-order valence-electron chi connectivity index (χ4n) is 2.43. The van der Waals surface area contributed by atoms with Crippen molar-refractivity contribution in [2.45, 2.75) is 67.2 Å². The summed E-state index contributed by atoms with van der Waals surface area (Å²) in [4.78, 5) is 25.1. The summed E-state index contributed by atoms with van der Waals surface area (Å²) in [6.45, 7) is 13.6. The van der Waals surface area contributed by atoms with Crippen LogP contribution in [0.2, 0.25) is 0 Å². The topological polar surface area (TPSA) is 63.4 Å². The summed E-state index contributed by atoms with van der Waals surface area (Å²) < 4.78 is 0. The Morgan fingerprint density at radius 1 is 0.714 bits per heavy atom. The number of hydrogen-bond donors (Lipinski definition) is 1.